The summed E-state index contributed by atoms with van der Waals surface area (Å²) in [5.41, 5.74) is 0. The van der Waals surface area contributed by atoms with Crippen LogP contribution >= 0.6 is 0 Å². The van der Waals surface area contributed by atoms with Gasteiger partial charge in [0.05, 0.1) is 12.7 Å². The molecule has 0 radical (unpaired) electrons. The Balaban J connectivity index is 2.48. The number of carbonyl (C=O) groups excluding carboxylic acids is 1. The van der Waals surface area contributed by atoms with Gasteiger partial charge < -0.3 is 19.4 Å². The van der Waals surface area contributed by atoms with E-state index >= 15 is 0 Å². The standard InChI is InChI=1S/C7H12O4/c1-10-7-5(2-3-8)6(9)4-11-7/h3,5-7,9H,2,4H2,1H3/t5-,6-,7?/m1/s1. The zero-order valence-electron chi connectivity index (χ0n) is 6.40. The number of rotatable bonds is 3. The van der Waals surface area contributed by atoms with Crippen molar-refractivity contribution >= 4 is 6.29 Å². The van der Waals surface area contributed by atoms with Gasteiger partial charge in [0.15, 0.2) is 6.29 Å². The Bertz CT molecular complexity index is 136. The zero-order valence-corrected chi connectivity index (χ0v) is 6.40. The molecule has 1 heterocycles. The van der Waals surface area contributed by atoms with Crippen LogP contribution in [-0.2, 0) is 14.3 Å². The van der Waals surface area contributed by atoms with E-state index in [1.807, 2.05) is 0 Å². The van der Waals surface area contributed by atoms with Gasteiger partial charge in [-0.25, -0.2) is 0 Å². The number of ether oxygens (including phenoxy) is 2. The van der Waals surface area contributed by atoms with Gasteiger partial charge >= 0.3 is 0 Å². The third-order valence-electron chi connectivity index (χ3n) is 1.88. The Kier molecular flexibility index (Phi) is 2.99. The molecular weight excluding hydrogens is 148 g/mol. The first-order chi connectivity index (χ1) is 5.29. The number of aldehydes is 1. The number of hydrogen-bond donors (Lipinski definition) is 1. The molecule has 1 aliphatic rings. The lowest BCUT2D eigenvalue weighted by Crippen LogP contribution is -2.25. The van der Waals surface area contributed by atoms with Crippen LogP contribution in [0.1, 0.15) is 6.42 Å². The molecule has 0 aromatic carbocycles. The van der Waals surface area contributed by atoms with E-state index in [1.165, 1.54) is 7.11 Å². The summed E-state index contributed by atoms with van der Waals surface area (Å²) in [5, 5.41) is 9.26. The van der Waals surface area contributed by atoms with Gasteiger partial charge in [0, 0.05) is 19.4 Å². The van der Waals surface area contributed by atoms with Gasteiger partial charge in [-0.2, -0.15) is 0 Å². The van der Waals surface area contributed by atoms with Crippen molar-refractivity contribution in [3.05, 3.63) is 0 Å². The topological polar surface area (TPSA) is 55.8 Å². The number of carbonyl (C=O) groups is 1. The second-order valence-electron chi connectivity index (χ2n) is 2.57. The summed E-state index contributed by atoms with van der Waals surface area (Å²) in [4.78, 5) is 10.1. The molecule has 64 valence electrons. The van der Waals surface area contributed by atoms with Crippen molar-refractivity contribution in [1.29, 1.82) is 0 Å². The fourth-order valence-corrected chi connectivity index (χ4v) is 1.24. The molecule has 0 aliphatic carbocycles. The van der Waals surface area contributed by atoms with Crippen molar-refractivity contribution in [3.8, 4) is 0 Å². The van der Waals surface area contributed by atoms with Gasteiger partial charge in [0.25, 0.3) is 0 Å². The Labute approximate surface area is 65.1 Å². The quantitative estimate of drug-likeness (QED) is 0.568. The van der Waals surface area contributed by atoms with Crippen LogP contribution in [-0.4, -0.2) is 37.5 Å². The molecule has 1 N–H and O–H groups in total. The average molecular weight is 160 g/mol. The molecule has 4 heteroatoms. The molecule has 1 unspecified atom stereocenters. The van der Waals surface area contributed by atoms with Gasteiger partial charge in [-0.05, 0) is 0 Å². The van der Waals surface area contributed by atoms with Gasteiger partial charge in [-0.3, -0.25) is 0 Å². The van der Waals surface area contributed by atoms with E-state index in [0.29, 0.717) is 6.42 Å². The Morgan fingerprint density at radius 2 is 2.55 bits per heavy atom. The number of aliphatic hydroxyl groups excluding tert-OH is 1. The van der Waals surface area contributed by atoms with Gasteiger partial charge in [-0.15, -0.1) is 0 Å². The highest BCUT2D eigenvalue weighted by atomic mass is 16.7. The monoisotopic (exact) mass is 160 g/mol. The second kappa shape index (κ2) is 3.80. The van der Waals surface area contributed by atoms with Crippen molar-refractivity contribution in [2.75, 3.05) is 13.7 Å². The Morgan fingerprint density at radius 3 is 3.09 bits per heavy atom. The zero-order chi connectivity index (χ0) is 8.27. The lowest BCUT2D eigenvalue weighted by molar-refractivity contribution is -0.122. The lowest BCUT2D eigenvalue weighted by atomic mass is 10.0. The minimum absolute atomic E-state index is 0.197. The van der Waals surface area contributed by atoms with Crippen molar-refractivity contribution < 1.29 is 19.4 Å². The van der Waals surface area contributed by atoms with E-state index in [9.17, 15) is 9.90 Å². The summed E-state index contributed by atoms with van der Waals surface area (Å²) in [6.07, 6.45) is 0.0780. The smallest absolute Gasteiger partial charge is 0.163 e. The molecule has 0 aromatic heterocycles. The van der Waals surface area contributed by atoms with Gasteiger partial charge in [0.2, 0.25) is 0 Å². The molecule has 0 aromatic rings. The number of methoxy groups -OCH3 is 1. The van der Waals surface area contributed by atoms with Crippen LogP contribution in [0, 0.1) is 5.92 Å². The minimum atomic E-state index is -0.565. The first kappa shape index (κ1) is 8.64. The summed E-state index contributed by atoms with van der Waals surface area (Å²) < 4.78 is 9.95. The van der Waals surface area contributed by atoms with Crippen LogP contribution in [0.2, 0.25) is 0 Å². The molecule has 11 heavy (non-hydrogen) atoms. The predicted octanol–water partition coefficient (Wildman–Crippen LogP) is -0.445. The number of hydrogen-bond acceptors (Lipinski definition) is 4. The van der Waals surface area contributed by atoms with E-state index in [-0.39, 0.29) is 12.5 Å². The van der Waals surface area contributed by atoms with Crippen LogP contribution in [0.3, 0.4) is 0 Å². The molecule has 1 fully saturated rings. The van der Waals surface area contributed by atoms with Gasteiger partial charge in [-0.1, -0.05) is 0 Å². The highest BCUT2D eigenvalue weighted by Gasteiger charge is 2.35. The third kappa shape index (κ3) is 1.77. The van der Waals surface area contributed by atoms with Crippen LogP contribution in [0.25, 0.3) is 0 Å². The molecule has 0 saturated carbocycles. The molecule has 4 nitrogen and oxygen atoms in total. The van der Waals surface area contributed by atoms with Crippen molar-refractivity contribution in [2.24, 2.45) is 5.92 Å². The normalized spacial score (nSPS) is 37.5. The van der Waals surface area contributed by atoms with Crippen molar-refractivity contribution in [1.82, 2.24) is 0 Å². The van der Waals surface area contributed by atoms with Crippen LogP contribution in [0.15, 0.2) is 0 Å². The second-order valence-corrected chi connectivity index (χ2v) is 2.57. The fourth-order valence-electron chi connectivity index (χ4n) is 1.24. The summed E-state index contributed by atoms with van der Waals surface area (Å²) in [7, 11) is 1.50. The van der Waals surface area contributed by atoms with Crippen LogP contribution in [0.5, 0.6) is 0 Å². The fraction of sp³-hybridized carbons (Fsp3) is 0.857. The Hall–Kier alpha value is -0.450. The van der Waals surface area contributed by atoms with Crippen molar-refractivity contribution in [3.63, 3.8) is 0 Å². The molecule has 3 atom stereocenters. The lowest BCUT2D eigenvalue weighted by Gasteiger charge is -2.15. The third-order valence-corrected chi connectivity index (χ3v) is 1.88. The molecule has 1 saturated heterocycles. The summed E-state index contributed by atoms with van der Waals surface area (Å²) in [6.45, 7) is 0.261. The molecule has 0 spiro atoms. The highest BCUT2D eigenvalue weighted by Crippen LogP contribution is 2.23. The molecule has 0 amide bonds. The Morgan fingerprint density at radius 1 is 1.82 bits per heavy atom. The molecular formula is C7H12O4. The van der Waals surface area contributed by atoms with Crippen LogP contribution in [0.4, 0.5) is 0 Å². The SMILES string of the molecule is COC1OC[C@@H](O)[C@H]1CC=O. The van der Waals surface area contributed by atoms with Crippen LogP contribution < -0.4 is 0 Å². The molecule has 1 rings (SSSR count). The van der Waals surface area contributed by atoms with Crippen molar-refractivity contribution in [2.45, 2.75) is 18.8 Å². The largest absolute Gasteiger partial charge is 0.390 e. The minimum Gasteiger partial charge on any atom is -0.390 e. The molecule has 1 aliphatic heterocycles. The maximum absolute atomic E-state index is 10.1. The first-order valence-corrected chi connectivity index (χ1v) is 3.55. The molecule has 0 bridgehead atoms. The maximum atomic E-state index is 10.1. The van der Waals surface area contributed by atoms with E-state index in [2.05, 4.69) is 0 Å². The van der Waals surface area contributed by atoms with E-state index in [1.54, 1.807) is 0 Å². The van der Waals surface area contributed by atoms with Gasteiger partial charge in [0.1, 0.15) is 6.29 Å². The summed E-state index contributed by atoms with van der Waals surface area (Å²) >= 11 is 0. The number of aliphatic hydroxyl groups is 1. The summed E-state index contributed by atoms with van der Waals surface area (Å²) in [5.74, 6) is -0.197. The van der Waals surface area contributed by atoms with E-state index in [0.717, 1.165) is 6.29 Å². The summed E-state index contributed by atoms with van der Waals surface area (Å²) in [6, 6.07) is 0. The first-order valence-electron chi connectivity index (χ1n) is 3.55. The maximum Gasteiger partial charge on any atom is 0.163 e. The van der Waals surface area contributed by atoms with E-state index in [4.69, 9.17) is 9.47 Å². The average Bonchev–Trinajstić information content (AvgIpc) is 2.34. The predicted molar refractivity (Wildman–Crippen MR) is 36.9 cm³/mol. The highest BCUT2D eigenvalue weighted by molar-refractivity contribution is 5.50. The van der Waals surface area contributed by atoms with E-state index < -0.39 is 12.4 Å².